The van der Waals surface area contributed by atoms with Crippen molar-refractivity contribution in [1.29, 1.82) is 0 Å². The van der Waals surface area contributed by atoms with Gasteiger partial charge in [-0.05, 0) is 33.7 Å². The second kappa shape index (κ2) is 3.71. The number of rotatable bonds is 2. The molecule has 0 saturated carbocycles. The first-order chi connectivity index (χ1) is 6.42. The Morgan fingerprint density at radius 2 is 1.62 bits per heavy atom. The maximum atomic E-state index is 10.7. The van der Waals surface area contributed by atoms with Crippen molar-refractivity contribution in [2.45, 2.75) is 0 Å². The summed E-state index contributed by atoms with van der Waals surface area (Å²) in [4.78, 5) is 10.7. The third-order valence-electron chi connectivity index (χ3n) is 1.72. The molecule has 2 rings (SSSR count). The van der Waals surface area contributed by atoms with Crippen LogP contribution in [0.1, 0.15) is 11.1 Å². The van der Waals surface area contributed by atoms with Gasteiger partial charge in [0, 0.05) is 11.1 Å². The molecule has 2 aromatic rings. The molecule has 1 nitrogen and oxygen atoms in total. The Kier molecular flexibility index (Phi) is 2.41. The fourth-order valence-electron chi connectivity index (χ4n) is 1.10. The van der Waals surface area contributed by atoms with Gasteiger partial charge in [-0.1, -0.05) is 0 Å². The molecule has 3 heteroatoms. The molecule has 0 bridgehead atoms. The van der Waals surface area contributed by atoms with Crippen molar-refractivity contribution in [2.75, 3.05) is 0 Å². The predicted molar refractivity (Wildman–Crippen MR) is 56.8 cm³/mol. The largest absolute Gasteiger partial charge is 0.233 e. The van der Waals surface area contributed by atoms with E-state index in [9.17, 15) is 4.79 Å². The fourth-order valence-corrected chi connectivity index (χ4v) is 2.39. The third kappa shape index (κ3) is 1.63. The van der Waals surface area contributed by atoms with Gasteiger partial charge in [0.05, 0.1) is 5.57 Å². The highest BCUT2D eigenvalue weighted by Gasteiger charge is 2.06. The van der Waals surface area contributed by atoms with E-state index in [1.807, 2.05) is 39.6 Å². The Morgan fingerprint density at radius 1 is 1.08 bits per heavy atom. The number of carbonyl (C=O) groups excluding carboxylic acids is 1. The Balaban J connectivity index is 2.48. The highest BCUT2D eigenvalue weighted by atomic mass is 32.1. The summed E-state index contributed by atoms with van der Waals surface area (Å²) in [6, 6.07) is 3.87. The van der Waals surface area contributed by atoms with E-state index in [0.29, 0.717) is 5.57 Å². The van der Waals surface area contributed by atoms with Crippen molar-refractivity contribution < 1.29 is 4.79 Å². The van der Waals surface area contributed by atoms with Gasteiger partial charge < -0.3 is 0 Å². The lowest BCUT2D eigenvalue weighted by Gasteiger charge is -1.94. The van der Waals surface area contributed by atoms with Gasteiger partial charge in [-0.2, -0.15) is 22.7 Å². The molecule has 0 unspecified atom stereocenters. The monoisotopic (exact) mass is 206 g/mol. The second-order valence-electron chi connectivity index (χ2n) is 2.50. The molecule has 0 aromatic carbocycles. The first-order valence-corrected chi connectivity index (χ1v) is 5.60. The van der Waals surface area contributed by atoms with Gasteiger partial charge in [0.2, 0.25) is 0 Å². The first-order valence-electron chi connectivity index (χ1n) is 3.72. The molecule has 0 saturated heterocycles. The first kappa shape index (κ1) is 8.45. The normalized spacial score (nSPS) is 9.54. The molecule has 0 radical (unpaired) electrons. The molecule has 64 valence electrons. The third-order valence-corrected chi connectivity index (χ3v) is 3.09. The Bertz CT molecular complexity index is 383. The van der Waals surface area contributed by atoms with Crippen LogP contribution < -0.4 is 0 Å². The van der Waals surface area contributed by atoms with Gasteiger partial charge >= 0.3 is 0 Å². The molecule has 0 N–H and O–H groups in total. The number of hydrogen-bond donors (Lipinski definition) is 0. The second-order valence-corrected chi connectivity index (χ2v) is 4.06. The van der Waals surface area contributed by atoms with Crippen molar-refractivity contribution in [1.82, 2.24) is 0 Å². The molecular weight excluding hydrogens is 200 g/mol. The molecule has 2 aromatic heterocycles. The molecule has 0 atom stereocenters. The topological polar surface area (TPSA) is 17.1 Å². The van der Waals surface area contributed by atoms with E-state index >= 15 is 0 Å². The average Bonchev–Trinajstić information content (AvgIpc) is 2.76. The van der Waals surface area contributed by atoms with Crippen LogP contribution in [-0.2, 0) is 4.79 Å². The molecule has 0 amide bonds. The molecule has 0 fully saturated rings. The quantitative estimate of drug-likeness (QED) is 0.690. The minimum atomic E-state index is 0.655. The minimum absolute atomic E-state index is 0.655. The zero-order valence-corrected chi connectivity index (χ0v) is 8.32. The van der Waals surface area contributed by atoms with E-state index in [4.69, 9.17) is 0 Å². The average molecular weight is 206 g/mol. The van der Waals surface area contributed by atoms with Crippen molar-refractivity contribution in [3.63, 3.8) is 0 Å². The SMILES string of the molecule is O=C=C(c1ccsc1)c1ccsc1. The van der Waals surface area contributed by atoms with Crippen molar-refractivity contribution in [2.24, 2.45) is 0 Å². The Morgan fingerprint density at radius 3 is 1.92 bits per heavy atom. The molecular formula is C10H6OS2. The number of thiophene rings is 2. The maximum absolute atomic E-state index is 10.7. The van der Waals surface area contributed by atoms with Crippen molar-refractivity contribution >= 4 is 34.2 Å². The van der Waals surface area contributed by atoms with Crippen LogP contribution in [0.15, 0.2) is 33.7 Å². The van der Waals surface area contributed by atoms with E-state index in [1.165, 1.54) is 0 Å². The van der Waals surface area contributed by atoms with Crippen LogP contribution in [0.5, 0.6) is 0 Å². The standard InChI is InChI=1S/C10H6OS2/c11-5-10(8-1-3-12-6-8)9-2-4-13-7-9/h1-4,6-7H. The van der Waals surface area contributed by atoms with Crippen LogP contribution in [0.2, 0.25) is 0 Å². The van der Waals surface area contributed by atoms with Crippen molar-refractivity contribution in [3.8, 4) is 0 Å². The van der Waals surface area contributed by atoms with Gasteiger partial charge in [-0.25, -0.2) is 4.79 Å². The molecule has 0 spiro atoms. The Hall–Kier alpha value is -1.15. The molecule has 0 aliphatic heterocycles. The van der Waals surface area contributed by atoms with Crippen LogP contribution in [0, 0.1) is 0 Å². The van der Waals surface area contributed by atoms with Gasteiger partial charge in [-0.15, -0.1) is 0 Å². The smallest absolute Gasteiger partial charge is 0.133 e. The van der Waals surface area contributed by atoms with Crippen LogP contribution in [0.25, 0.3) is 5.57 Å². The highest BCUT2D eigenvalue weighted by molar-refractivity contribution is 7.08. The lowest BCUT2D eigenvalue weighted by Crippen LogP contribution is -1.82. The van der Waals surface area contributed by atoms with Gasteiger partial charge in [-0.3, -0.25) is 0 Å². The lowest BCUT2D eigenvalue weighted by atomic mass is 10.1. The van der Waals surface area contributed by atoms with E-state index in [0.717, 1.165) is 11.1 Å². The Labute approximate surface area is 84.0 Å². The van der Waals surface area contributed by atoms with Gasteiger partial charge in [0.1, 0.15) is 5.94 Å². The zero-order chi connectivity index (χ0) is 9.10. The van der Waals surface area contributed by atoms with Crippen LogP contribution in [0.3, 0.4) is 0 Å². The lowest BCUT2D eigenvalue weighted by molar-refractivity contribution is 0.569. The summed E-state index contributed by atoms with van der Waals surface area (Å²) in [6.45, 7) is 0. The van der Waals surface area contributed by atoms with E-state index in [-0.39, 0.29) is 0 Å². The summed E-state index contributed by atoms with van der Waals surface area (Å²) in [6.07, 6.45) is 0. The molecule has 2 heterocycles. The molecule has 0 aliphatic rings. The molecule has 13 heavy (non-hydrogen) atoms. The van der Waals surface area contributed by atoms with E-state index in [1.54, 1.807) is 22.7 Å². The van der Waals surface area contributed by atoms with Gasteiger partial charge in [0.25, 0.3) is 0 Å². The summed E-state index contributed by atoms with van der Waals surface area (Å²) < 4.78 is 0. The van der Waals surface area contributed by atoms with Crippen molar-refractivity contribution in [3.05, 3.63) is 44.8 Å². The van der Waals surface area contributed by atoms with Crippen LogP contribution in [0.4, 0.5) is 0 Å². The summed E-state index contributed by atoms with van der Waals surface area (Å²) in [5.41, 5.74) is 2.57. The highest BCUT2D eigenvalue weighted by Crippen LogP contribution is 2.24. The maximum Gasteiger partial charge on any atom is 0.133 e. The minimum Gasteiger partial charge on any atom is -0.233 e. The number of hydrogen-bond acceptors (Lipinski definition) is 3. The summed E-state index contributed by atoms with van der Waals surface area (Å²) in [5, 5.41) is 7.83. The summed E-state index contributed by atoms with van der Waals surface area (Å²) >= 11 is 3.17. The predicted octanol–water partition coefficient (Wildman–Crippen LogP) is 3.07. The summed E-state index contributed by atoms with van der Waals surface area (Å²) in [7, 11) is 0. The van der Waals surface area contributed by atoms with E-state index in [2.05, 4.69) is 0 Å². The zero-order valence-electron chi connectivity index (χ0n) is 6.69. The van der Waals surface area contributed by atoms with Gasteiger partial charge in [0.15, 0.2) is 0 Å². The summed E-state index contributed by atoms with van der Waals surface area (Å²) in [5.74, 6) is 1.99. The van der Waals surface area contributed by atoms with E-state index < -0.39 is 0 Å². The molecule has 0 aliphatic carbocycles. The fraction of sp³-hybridized carbons (Fsp3) is 0. The van der Waals surface area contributed by atoms with Crippen LogP contribution in [-0.4, -0.2) is 5.94 Å². The van der Waals surface area contributed by atoms with Crippen LogP contribution >= 0.6 is 22.7 Å².